The van der Waals surface area contributed by atoms with Gasteiger partial charge < -0.3 is 19.3 Å². The van der Waals surface area contributed by atoms with Crippen LogP contribution in [0.25, 0.3) is 0 Å². The van der Waals surface area contributed by atoms with E-state index in [1.807, 2.05) is 53.4 Å². The number of ether oxygens (including phenoxy) is 2. The number of benzene rings is 2. The molecule has 0 spiro atoms. The molecule has 0 radical (unpaired) electrons. The molecule has 0 unspecified atom stereocenters. The maximum Gasteiger partial charge on any atom is 0.258 e. The van der Waals surface area contributed by atoms with Gasteiger partial charge >= 0.3 is 0 Å². The highest BCUT2D eigenvalue weighted by Crippen LogP contribution is 2.28. The molecule has 5 nitrogen and oxygen atoms in total. The van der Waals surface area contributed by atoms with Crippen LogP contribution in [0.4, 0.5) is 5.69 Å². The van der Waals surface area contributed by atoms with Crippen LogP contribution in [0, 0.1) is 5.92 Å². The molecule has 0 aliphatic carbocycles. The van der Waals surface area contributed by atoms with Gasteiger partial charge in [0.15, 0.2) is 0 Å². The van der Waals surface area contributed by atoms with Gasteiger partial charge in [0.1, 0.15) is 11.5 Å². The summed E-state index contributed by atoms with van der Waals surface area (Å²) in [6.45, 7) is 7.73. The molecule has 1 amide bonds. The molecule has 2 aromatic carbocycles. The monoisotopic (exact) mass is 410 g/mol. The number of rotatable bonds is 8. The molecule has 30 heavy (non-hydrogen) atoms. The number of amides is 1. The fraction of sp³-hybridized carbons (Fsp3) is 0.480. The Hall–Kier alpha value is -2.53. The number of carbonyl (C=O) groups excluding carboxylic acids is 1. The molecule has 162 valence electrons. The minimum Gasteiger partial charge on any atom is -0.497 e. The summed E-state index contributed by atoms with van der Waals surface area (Å²) < 4.78 is 10.5. The van der Waals surface area contributed by atoms with Gasteiger partial charge in [0.2, 0.25) is 0 Å². The highest BCUT2D eigenvalue weighted by molar-refractivity contribution is 6.06. The van der Waals surface area contributed by atoms with Crippen molar-refractivity contribution in [1.29, 1.82) is 0 Å². The fourth-order valence-corrected chi connectivity index (χ4v) is 3.95. The van der Waals surface area contributed by atoms with Crippen LogP contribution in [-0.4, -0.2) is 50.7 Å². The summed E-state index contributed by atoms with van der Waals surface area (Å²) >= 11 is 0. The third kappa shape index (κ3) is 5.54. The second-order valence-corrected chi connectivity index (χ2v) is 8.36. The maximum atomic E-state index is 13.5. The Morgan fingerprint density at radius 1 is 0.967 bits per heavy atom. The van der Waals surface area contributed by atoms with Crippen molar-refractivity contribution >= 4 is 11.6 Å². The maximum absolute atomic E-state index is 13.5. The third-order valence-corrected chi connectivity index (χ3v) is 5.85. The molecule has 1 aliphatic rings. The minimum atomic E-state index is 0.0310. The highest BCUT2D eigenvalue weighted by atomic mass is 16.5. The zero-order valence-electron chi connectivity index (χ0n) is 18.6. The van der Waals surface area contributed by atoms with Crippen LogP contribution in [-0.2, 0) is 0 Å². The molecule has 1 fully saturated rings. The SMILES string of the molecule is COc1ccc(C(=O)N(c2ccc(OC)cc2)C2CCN(CCC(C)C)CC2)cc1. The van der Waals surface area contributed by atoms with E-state index in [0.717, 1.165) is 55.6 Å². The van der Waals surface area contributed by atoms with E-state index < -0.39 is 0 Å². The largest absolute Gasteiger partial charge is 0.497 e. The predicted octanol–water partition coefficient (Wildman–Crippen LogP) is 4.86. The highest BCUT2D eigenvalue weighted by Gasteiger charge is 2.30. The Morgan fingerprint density at radius 2 is 1.50 bits per heavy atom. The summed E-state index contributed by atoms with van der Waals surface area (Å²) in [6.07, 6.45) is 3.18. The fourth-order valence-electron chi connectivity index (χ4n) is 3.95. The number of anilines is 1. The van der Waals surface area contributed by atoms with Crippen molar-refractivity contribution in [1.82, 2.24) is 4.90 Å². The van der Waals surface area contributed by atoms with E-state index in [4.69, 9.17) is 9.47 Å². The van der Waals surface area contributed by atoms with E-state index in [1.54, 1.807) is 14.2 Å². The number of carbonyl (C=O) groups is 1. The molecule has 0 N–H and O–H groups in total. The van der Waals surface area contributed by atoms with Gasteiger partial charge in [-0.1, -0.05) is 13.8 Å². The van der Waals surface area contributed by atoms with Crippen LogP contribution in [0.1, 0.15) is 43.5 Å². The molecular weight excluding hydrogens is 376 g/mol. The summed E-state index contributed by atoms with van der Waals surface area (Å²) in [4.78, 5) is 18.0. The molecule has 0 saturated carbocycles. The van der Waals surface area contributed by atoms with Crippen molar-refractivity contribution in [2.45, 2.75) is 39.2 Å². The van der Waals surface area contributed by atoms with Crippen molar-refractivity contribution in [2.75, 3.05) is 38.8 Å². The van der Waals surface area contributed by atoms with Gasteiger partial charge in [0, 0.05) is 30.4 Å². The minimum absolute atomic E-state index is 0.0310. The van der Waals surface area contributed by atoms with Gasteiger partial charge in [-0.2, -0.15) is 0 Å². The van der Waals surface area contributed by atoms with Crippen LogP contribution >= 0.6 is 0 Å². The number of piperidine rings is 1. The molecular formula is C25H34N2O3. The first kappa shape index (κ1) is 22.2. The van der Waals surface area contributed by atoms with Crippen molar-refractivity contribution in [3.8, 4) is 11.5 Å². The Balaban J connectivity index is 1.79. The van der Waals surface area contributed by atoms with Crippen molar-refractivity contribution in [3.05, 3.63) is 54.1 Å². The van der Waals surface area contributed by atoms with Gasteiger partial charge in [0.25, 0.3) is 5.91 Å². The molecule has 0 aromatic heterocycles. The van der Waals surface area contributed by atoms with Crippen molar-refractivity contribution < 1.29 is 14.3 Å². The predicted molar refractivity (Wildman–Crippen MR) is 122 cm³/mol. The number of hydrogen-bond acceptors (Lipinski definition) is 4. The van der Waals surface area contributed by atoms with Crippen LogP contribution in [0.2, 0.25) is 0 Å². The second kappa shape index (κ2) is 10.5. The van der Waals surface area contributed by atoms with Gasteiger partial charge in [0.05, 0.1) is 14.2 Å². The quantitative estimate of drug-likeness (QED) is 0.623. The Kier molecular flexibility index (Phi) is 7.75. The van der Waals surface area contributed by atoms with E-state index in [9.17, 15) is 4.79 Å². The molecule has 1 saturated heterocycles. The second-order valence-electron chi connectivity index (χ2n) is 8.36. The van der Waals surface area contributed by atoms with E-state index in [1.165, 1.54) is 6.42 Å². The number of nitrogens with zero attached hydrogens (tertiary/aromatic N) is 2. The zero-order valence-corrected chi connectivity index (χ0v) is 18.6. The lowest BCUT2D eigenvalue weighted by atomic mass is 10.00. The summed E-state index contributed by atoms with van der Waals surface area (Å²) in [5.74, 6) is 2.29. The molecule has 1 heterocycles. The first-order chi connectivity index (χ1) is 14.5. The lowest BCUT2D eigenvalue weighted by molar-refractivity contribution is 0.0959. The van der Waals surface area contributed by atoms with Crippen molar-refractivity contribution in [3.63, 3.8) is 0 Å². The number of hydrogen-bond donors (Lipinski definition) is 0. The standard InChI is InChI=1S/C25H34N2O3/c1-19(2)13-16-26-17-14-22(15-18-26)27(21-7-11-24(30-4)12-8-21)25(28)20-5-9-23(29-3)10-6-20/h5-12,19,22H,13-18H2,1-4H3. The summed E-state index contributed by atoms with van der Waals surface area (Å²) in [5.41, 5.74) is 1.59. The molecule has 2 aromatic rings. The molecule has 0 atom stereocenters. The van der Waals surface area contributed by atoms with Gasteiger partial charge in [-0.25, -0.2) is 0 Å². The average molecular weight is 411 g/mol. The first-order valence-electron chi connectivity index (χ1n) is 10.9. The van der Waals surface area contributed by atoms with Crippen LogP contribution < -0.4 is 14.4 Å². The smallest absolute Gasteiger partial charge is 0.258 e. The van der Waals surface area contributed by atoms with E-state index in [2.05, 4.69) is 18.7 Å². The zero-order chi connectivity index (χ0) is 21.5. The van der Waals surface area contributed by atoms with Gasteiger partial charge in [-0.3, -0.25) is 4.79 Å². The lowest BCUT2D eigenvalue weighted by Crippen LogP contribution is -2.48. The summed E-state index contributed by atoms with van der Waals surface area (Å²) in [6, 6.07) is 15.3. The lowest BCUT2D eigenvalue weighted by Gasteiger charge is -2.39. The molecule has 5 heteroatoms. The number of likely N-dealkylation sites (tertiary alicyclic amines) is 1. The van der Waals surface area contributed by atoms with E-state index in [-0.39, 0.29) is 11.9 Å². The first-order valence-corrected chi connectivity index (χ1v) is 10.9. The topological polar surface area (TPSA) is 42.0 Å². The van der Waals surface area contributed by atoms with Crippen molar-refractivity contribution in [2.24, 2.45) is 5.92 Å². The Labute approximate surface area is 180 Å². The van der Waals surface area contributed by atoms with E-state index >= 15 is 0 Å². The summed E-state index contributed by atoms with van der Waals surface area (Å²) in [5, 5.41) is 0. The van der Waals surface area contributed by atoms with Crippen LogP contribution in [0.15, 0.2) is 48.5 Å². The van der Waals surface area contributed by atoms with E-state index in [0.29, 0.717) is 5.56 Å². The van der Waals surface area contributed by atoms with Gasteiger partial charge in [-0.05, 0) is 80.3 Å². The Morgan fingerprint density at radius 3 is 2.00 bits per heavy atom. The van der Waals surface area contributed by atoms with Gasteiger partial charge in [-0.15, -0.1) is 0 Å². The average Bonchev–Trinajstić information content (AvgIpc) is 2.79. The normalized spacial score (nSPS) is 15.2. The Bertz CT molecular complexity index is 794. The van der Waals surface area contributed by atoms with Crippen LogP contribution in [0.3, 0.4) is 0 Å². The molecule has 0 bridgehead atoms. The molecule has 3 rings (SSSR count). The third-order valence-electron chi connectivity index (χ3n) is 5.85. The number of methoxy groups -OCH3 is 2. The summed E-state index contributed by atoms with van der Waals surface area (Å²) in [7, 11) is 3.29. The molecule has 1 aliphatic heterocycles. The van der Waals surface area contributed by atoms with Crippen LogP contribution in [0.5, 0.6) is 11.5 Å².